The fourth-order valence-corrected chi connectivity index (χ4v) is 3.07. The zero-order valence-corrected chi connectivity index (χ0v) is 12.2. The Hall–Kier alpha value is -2.24. The standard InChI is InChI=1S/C15H18N4O2/c1-15(2)8-5-9-19(12(15)13(20)21)14-16-10-6-3-4-7-11(10)17-18-14/h3-4,6-7,12H,5,8-9H2,1-2H3,(H,20,21). The van der Waals surface area contributed by atoms with E-state index in [-0.39, 0.29) is 5.41 Å². The largest absolute Gasteiger partial charge is 0.480 e. The van der Waals surface area contributed by atoms with E-state index in [1.54, 1.807) is 4.90 Å². The number of rotatable bonds is 2. The Kier molecular flexibility index (Phi) is 3.23. The van der Waals surface area contributed by atoms with Crippen LogP contribution in [0.15, 0.2) is 24.3 Å². The van der Waals surface area contributed by atoms with Crippen molar-refractivity contribution in [2.45, 2.75) is 32.7 Å². The van der Waals surface area contributed by atoms with Crippen molar-refractivity contribution in [3.05, 3.63) is 24.3 Å². The van der Waals surface area contributed by atoms with Crippen LogP contribution in [-0.4, -0.2) is 38.8 Å². The van der Waals surface area contributed by atoms with Crippen molar-refractivity contribution in [3.8, 4) is 0 Å². The molecular formula is C15H18N4O2. The number of aromatic nitrogens is 3. The molecule has 3 rings (SSSR count). The maximum Gasteiger partial charge on any atom is 0.326 e. The normalized spacial score (nSPS) is 21.4. The summed E-state index contributed by atoms with van der Waals surface area (Å²) in [4.78, 5) is 18.0. The summed E-state index contributed by atoms with van der Waals surface area (Å²) in [7, 11) is 0. The van der Waals surface area contributed by atoms with Gasteiger partial charge in [-0.1, -0.05) is 26.0 Å². The van der Waals surface area contributed by atoms with Crippen molar-refractivity contribution >= 4 is 23.0 Å². The fraction of sp³-hybridized carbons (Fsp3) is 0.467. The number of para-hydroxylation sites is 1. The number of carboxylic acid groups (broad SMARTS) is 1. The van der Waals surface area contributed by atoms with Gasteiger partial charge in [-0.2, -0.15) is 0 Å². The van der Waals surface area contributed by atoms with Gasteiger partial charge in [0.2, 0.25) is 5.95 Å². The van der Waals surface area contributed by atoms with E-state index >= 15 is 0 Å². The molecule has 6 nitrogen and oxygen atoms in total. The van der Waals surface area contributed by atoms with E-state index in [1.165, 1.54) is 0 Å². The maximum atomic E-state index is 11.7. The Labute approximate surface area is 122 Å². The molecule has 1 aromatic heterocycles. The minimum absolute atomic E-state index is 0.320. The van der Waals surface area contributed by atoms with E-state index in [0.717, 1.165) is 18.4 Å². The molecule has 2 heterocycles. The number of fused-ring (bicyclic) bond motifs is 1. The molecule has 0 aliphatic carbocycles. The molecule has 1 atom stereocenters. The maximum absolute atomic E-state index is 11.7. The Morgan fingerprint density at radius 1 is 1.29 bits per heavy atom. The third-order valence-electron chi connectivity index (χ3n) is 4.11. The van der Waals surface area contributed by atoms with Crippen LogP contribution in [0.4, 0.5) is 5.95 Å². The number of hydrogen-bond donors (Lipinski definition) is 1. The number of anilines is 1. The highest BCUT2D eigenvalue weighted by molar-refractivity contribution is 5.80. The van der Waals surface area contributed by atoms with Crippen molar-refractivity contribution in [2.75, 3.05) is 11.4 Å². The van der Waals surface area contributed by atoms with Crippen LogP contribution in [0.1, 0.15) is 26.7 Å². The van der Waals surface area contributed by atoms with Crippen molar-refractivity contribution in [1.29, 1.82) is 0 Å². The summed E-state index contributed by atoms with van der Waals surface area (Å²) in [5.74, 6) is -0.440. The summed E-state index contributed by atoms with van der Waals surface area (Å²) in [6, 6.07) is 6.83. The first-order chi connectivity index (χ1) is 9.99. The van der Waals surface area contributed by atoms with Gasteiger partial charge in [0.05, 0.1) is 5.52 Å². The van der Waals surface area contributed by atoms with Crippen LogP contribution >= 0.6 is 0 Å². The molecule has 0 radical (unpaired) electrons. The number of benzene rings is 1. The van der Waals surface area contributed by atoms with Gasteiger partial charge >= 0.3 is 5.97 Å². The van der Waals surface area contributed by atoms with Crippen molar-refractivity contribution < 1.29 is 9.90 Å². The van der Waals surface area contributed by atoms with Gasteiger partial charge in [-0.25, -0.2) is 9.78 Å². The fourth-order valence-electron chi connectivity index (χ4n) is 3.07. The molecule has 1 aromatic carbocycles. The molecule has 1 aliphatic heterocycles. The molecule has 0 amide bonds. The number of piperidine rings is 1. The van der Waals surface area contributed by atoms with Crippen LogP contribution in [0.3, 0.4) is 0 Å². The number of carbonyl (C=O) groups is 1. The lowest BCUT2D eigenvalue weighted by molar-refractivity contribution is -0.142. The molecule has 110 valence electrons. The van der Waals surface area contributed by atoms with E-state index in [0.29, 0.717) is 18.0 Å². The number of carboxylic acids is 1. The molecule has 0 saturated carbocycles. The quantitative estimate of drug-likeness (QED) is 0.910. The lowest BCUT2D eigenvalue weighted by Crippen LogP contribution is -2.55. The van der Waals surface area contributed by atoms with Crippen LogP contribution in [0, 0.1) is 5.41 Å². The average molecular weight is 286 g/mol. The molecule has 2 aromatic rings. The van der Waals surface area contributed by atoms with Crippen LogP contribution in [0.25, 0.3) is 11.0 Å². The Bertz CT molecular complexity index is 686. The number of aliphatic carboxylic acids is 1. The molecule has 1 unspecified atom stereocenters. The van der Waals surface area contributed by atoms with Crippen LogP contribution in [0.5, 0.6) is 0 Å². The number of nitrogens with zero attached hydrogens (tertiary/aromatic N) is 4. The molecule has 1 N–H and O–H groups in total. The second kappa shape index (κ2) is 4.95. The van der Waals surface area contributed by atoms with Crippen molar-refractivity contribution in [1.82, 2.24) is 15.2 Å². The lowest BCUT2D eigenvalue weighted by Gasteiger charge is -2.43. The first-order valence-electron chi connectivity index (χ1n) is 7.08. The second-order valence-electron chi connectivity index (χ2n) is 6.13. The van der Waals surface area contributed by atoms with Crippen molar-refractivity contribution in [2.24, 2.45) is 5.41 Å². The Morgan fingerprint density at radius 3 is 2.71 bits per heavy atom. The van der Waals surface area contributed by atoms with Crippen LogP contribution in [-0.2, 0) is 4.79 Å². The van der Waals surface area contributed by atoms with Crippen LogP contribution < -0.4 is 4.90 Å². The minimum Gasteiger partial charge on any atom is -0.480 e. The van der Waals surface area contributed by atoms with Gasteiger partial charge in [0, 0.05) is 6.54 Å². The Balaban J connectivity index is 2.04. The van der Waals surface area contributed by atoms with Gasteiger partial charge in [-0.05, 0) is 30.4 Å². The zero-order valence-electron chi connectivity index (χ0n) is 12.2. The summed E-state index contributed by atoms with van der Waals surface area (Å²) in [5, 5.41) is 17.9. The second-order valence-corrected chi connectivity index (χ2v) is 6.13. The molecule has 6 heteroatoms. The van der Waals surface area contributed by atoms with Gasteiger partial charge in [0.1, 0.15) is 11.6 Å². The monoisotopic (exact) mass is 286 g/mol. The van der Waals surface area contributed by atoms with E-state index in [4.69, 9.17) is 0 Å². The first-order valence-corrected chi connectivity index (χ1v) is 7.08. The summed E-state index contributed by atoms with van der Waals surface area (Å²) in [5.41, 5.74) is 1.12. The lowest BCUT2D eigenvalue weighted by atomic mass is 9.76. The highest BCUT2D eigenvalue weighted by atomic mass is 16.4. The summed E-state index contributed by atoms with van der Waals surface area (Å²) in [6.07, 6.45) is 1.80. The van der Waals surface area contributed by atoms with Gasteiger partial charge in [-0.15, -0.1) is 10.2 Å². The van der Waals surface area contributed by atoms with Gasteiger partial charge in [0.15, 0.2) is 0 Å². The van der Waals surface area contributed by atoms with E-state index in [1.807, 2.05) is 38.1 Å². The predicted octanol–water partition coefficient (Wildman–Crippen LogP) is 2.10. The molecule has 0 spiro atoms. The first kappa shape index (κ1) is 13.7. The zero-order chi connectivity index (χ0) is 15.0. The van der Waals surface area contributed by atoms with Crippen molar-refractivity contribution in [3.63, 3.8) is 0 Å². The van der Waals surface area contributed by atoms with E-state index < -0.39 is 12.0 Å². The summed E-state index contributed by atoms with van der Waals surface area (Å²) < 4.78 is 0. The van der Waals surface area contributed by atoms with E-state index in [2.05, 4.69) is 15.2 Å². The molecule has 0 bridgehead atoms. The smallest absolute Gasteiger partial charge is 0.326 e. The highest BCUT2D eigenvalue weighted by Crippen LogP contribution is 2.36. The summed E-state index contributed by atoms with van der Waals surface area (Å²) in [6.45, 7) is 4.60. The molecular weight excluding hydrogens is 268 g/mol. The molecule has 1 saturated heterocycles. The molecule has 21 heavy (non-hydrogen) atoms. The number of hydrogen-bond acceptors (Lipinski definition) is 5. The minimum atomic E-state index is -0.837. The predicted molar refractivity (Wildman–Crippen MR) is 79.1 cm³/mol. The summed E-state index contributed by atoms with van der Waals surface area (Å²) >= 11 is 0. The third kappa shape index (κ3) is 2.41. The van der Waals surface area contributed by atoms with Gasteiger partial charge < -0.3 is 10.0 Å². The third-order valence-corrected chi connectivity index (χ3v) is 4.11. The average Bonchev–Trinajstić information content (AvgIpc) is 2.45. The van der Waals surface area contributed by atoms with Gasteiger partial charge in [-0.3, -0.25) is 0 Å². The van der Waals surface area contributed by atoms with Gasteiger partial charge in [0.25, 0.3) is 0 Å². The molecule has 1 aliphatic rings. The van der Waals surface area contributed by atoms with Crippen LogP contribution in [0.2, 0.25) is 0 Å². The SMILES string of the molecule is CC1(C)CCCN(c2nnc3ccccc3n2)C1C(=O)O. The highest BCUT2D eigenvalue weighted by Gasteiger charge is 2.43. The Morgan fingerprint density at radius 2 is 2.00 bits per heavy atom. The van der Waals surface area contributed by atoms with E-state index in [9.17, 15) is 9.90 Å². The molecule has 1 fully saturated rings. The topological polar surface area (TPSA) is 79.2 Å².